The largest absolute Gasteiger partial charge is 0.493 e. The molecule has 1 aliphatic heterocycles. The summed E-state index contributed by atoms with van der Waals surface area (Å²) in [5.74, 6) is 1.59. The first-order chi connectivity index (χ1) is 15.6. The minimum absolute atomic E-state index is 0.159. The highest BCUT2D eigenvalue weighted by molar-refractivity contribution is 7.98. The lowest BCUT2D eigenvalue weighted by molar-refractivity contribution is -0.116. The second-order valence-corrected chi connectivity index (χ2v) is 8.44. The Kier molecular flexibility index (Phi) is 6.80. The van der Waals surface area contributed by atoms with Crippen LogP contribution in [0.1, 0.15) is 42.4 Å². The van der Waals surface area contributed by atoms with Crippen molar-refractivity contribution in [2.45, 2.75) is 36.6 Å². The van der Waals surface area contributed by atoms with Gasteiger partial charge in [-0.25, -0.2) is 4.98 Å². The van der Waals surface area contributed by atoms with Crippen LogP contribution in [-0.2, 0) is 10.5 Å². The number of methoxy groups -OCH3 is 1. The average molecular weight is 452 g/mol. The highest BCUT2D eigenvalue weighted by Gasteiger charge is 2.31. The number of aromatic amines is 1. The molecular formula is C24H25N3O4S. The van der Waals surface area contributed by atoms with Crippen LogP contribution in [0.3, 0.4) is 0 Å². The van der Waals surface area contributed by atoms with E-state index in [0.29, 0.717) is 40.4 Å². The fourth-order valence-electron chi connectivity index (χ4n) is 3.66. The first-order valence-corrected chi connectivity index (χ1v) is 11.5. The third-order valence-corrected chi connectivity index (χ3v) is 6.14. The lowest BCUT2D eigenvalue weighted by Crippen LogP contribution is -2.31. The van der Waals surface area contributed by atoms with Gasteiger partial charge in [0.05, 0.1) is 19.3 Å². The molecule has 0 bridgehead atoms. The van der Waals surface area contributed by atoms with Crippen LogP contribution in [0.4, 0.5) is 5.82 Å². The number of hydrogen-bond donors (Lipinski definition) is 2. The minimum atomic E-state index is -0.419. The Balaban J connectivity index is 1.64. The molecule has 2 heterocycles. The summed E-state index contributed by atoms with van der Waals surface area (Å²) >= 11 is 1.42. The molecule has 166 valence electrons. The van der Waals surface area contributed by atoms with Gasteiger partial charge in [-0.15, -0.1) is 0 Å². The van der Waals surface area contributed by atoms with Crippen molar-refractivity contribution in [1.82, 2.24) is 9.97 Å². The van der Waals surface area contributed by atoms with E-state index in [4.69, 9.17) is 9.47 Å². The highest BCUT2D eigenvalue weighted by atomic mass is 32.2. The maximum absolute atomic E-state index is 13.0. The first-order valence-electron chi connectivity index (χ1n) is 10.5. The molecular weight excluding hydrogens is 426 g/mol. The highest BCUT2D eigenvalue weighted by Crippen LogP contribution is 2.38. The Labute approximate surface area is 190 Å². The average Bonchev–Trinajstić information content (AvgIpc) is 2.81. The summed E-state index contributed by atoms with van der Waals surface area (Å²) < 4.78 is 11.2. The number of benzene rings is 2. The maximum atomic E-state index is 13.0. The molecule has 1 amide bonds. The summed E-state index contributed by atoms with van der Waals surface area (Å²) in [5, 5.41) is 3.24. The fourth-order valence-corrected chi connectivity index (χ4v) is 4.48. The molecule has 1 unspecified atom stereocenters. The fraction of sp³-hybridized carbons (Fsp3) is 0.292. The van der Waals surface area contributed by atoms with Gasteiger partial charge in [-0.1, -0.05) is 55.1 Å². The van der Waals surface area contributed by atoms with Crippen molar-refractivity contribution in [3.05, 3.63) is 75.6 Å². The Morgan fingerprint density at radius 3 is 2.69 bits per heavy atom. The third-order valence-electron chi connectivity index (χ3n) is 5.20. The number of rotatable bonds is 8. The number of hydrogen-bond acceptors (Lipinski definition) is 6. The Morgan fingerprint density at radius 2 is 1.94 bits per heavy atom. The van der Waals surface area contributed by atoms with Gasteiger partial charge < -0.3 is 19.8 Å². The molecule has 4 rings (SSSR count). The topological polar surface area (TPSA) is 93.3 Å². The van der Waals surface area contributed by atoms with Crippen LogP contribution in [-0.4, -0.2) is 29.6 Å². The summed E-state index contributed by atoms with van der Waals surface area (Å²) in [6.45, 7) is 2.61. The summed E-state index contributed by atoms with van der Waals surface area (Å²) in [6.07, 6.45) is 1.04. The molecule has 2 N–H and O–H groups in total. The number of carbonyl (C=O) groups excluding carboxylic acids is 1. The molecule has 8 heteroatoms. The van der Waals surface area contributed by atoms with Crippen molar-refractivity contribution in [3.8, 4) is 11.5 Å². The number of aromatic nitrogens is 2. The number of ether oxygens (including phenoxy) is 2. The third kappa shape index (κ3) is 4.80. The summed E-state index contributed by atoms with van der Waals surface area (Å²) in [6, 6.07) is 15.5. The number of carbonyl (C=O) groups is 1. The van der Waals surface area contributed by atoms with Crippen LogP contribution < -0.4 is 20.3 Å². The predicted molar refractivity (Wildman–Crippen MR) is 125 cm³/mol. The lowest BCUT2D eigenvalue weighted by atomic mass is 9.86. The Bertz CT molecular complexity index is 1160. The zero-order valence-electron chi connectivity index (χ0n) is 18.0. The number of nitrogens with one attached hydrogen (secondary N) is 2. The summed E-state index contributed by atoms with van der Waals surface area (Å²) in [7, 11) is 1.57. The number of fused-ring (bicyclic) bond motifs is 1. The molecule has 1 aliphatic rings. The number of anilines is 1. The van der Waals surface area contributed by atoms with Crippen LogP contribution in [0.5, 0.6) is 11.5 Å². The minimum Gasteiger partial charge on any atom is -0.493 e. The number of nitrogens with zero attached hydrogens (tertiary/aromatic N) is 1. The van der Waals surface area contributed by atoms with E-state index in [1.807, 2.05) is 55.5 Å². The van der Waals surface area contributed by atoms with Gasteiger partial charge in [0, 0.05) is 18.1 Å². The van der Waals surface area contributed by atoms with Gasteiger partial charge in [0.2, 0.25) is 5.91 Å². The molecule has 32 heavy (non-hydrogen) atoms. The standard InChI is InChI=1S/C24H25N3O4S/c1-3-11-31-18-10-9-16(12-19(18)30-2)17-13-20(28)25-22-21(17)23(29)27-24(26-22)32-14-15-7-5-4-6-8-15/h4-10,12,17H,3,11,13-14H2,1-2H3,(H2,25,26,27,28,29). The van der Waals surface area contributed by atoms with Gasteiger partial charge in [0.15, 0.2) is 16.7 Å². The zero-order valence-corrected chi connectivity index (χ0v) is 18.8. The van der Waals surface area contributed by atoms with E-state index in [-0.39, 0.29) is 17.9 Å². The van der Waals surface area contributed by atoms with Gasteiger partial charge in [-0.3, -0.25) is 9.59 Å². The maximum Gasteiger partial charge on any atom is 0.257 e. The predicted octanol–water partition coefficient (Wildman–Crippen LogP) is 4.33. The number of thioether (sulfide) groups is 1. The Morgan fingerprint density at radius 1 is 1.12 bits per heavy atom. The second-order valence-electron chi connectivity index (χ2n) is 7.47. The smallest absolute Gasteiger partial charge is 0.257 e. The molecule has 3 aromatic rings. The van der Waals surface area contributed by atoms with E-state index in [0.717, 1.165) is 17.5 Å². The molecule has 1 atom stereocenters. The number of amides is 1. The molecule has 0 saturated carbocycles. The molecule has 7 nitrogen and oxygen atoms in total. The van der Waals surface area contributed by atoms with E-state index >= 15 is 0 Å². The van der Waals surface area contributed by atoms with E-state index < -0.39 is 5.92 Å². The number of H-pyrrole nitrogens is 1. The van der Waals surface area contributed by atoms with Crippen molar-refractivity contribution in [2.75, 3.05) is 19.0 Å². The van der Waals surface area contributed by atoms with E-state index in [2.05, 4.69) is 15.3 Å². The lowest BCUT2D eigenvalue weighted by Gasteiger charge is -2.25. The van der Waals surface area contributed by atoms with E-state index in [1.54, 1.807) is 7.11 Å². The molecule has 2 aromatic carbocycles. The van der Waals surface area contributed by atoms with Gasteiger partial charge in [0.25, 0.3) is 5.56 Å². The van der Waals surface area contributed by atoms with Gasteiger partial charge in [-0.05, 0) is 29.7 Å². The molecule has 1 aromatic heterocycles. The van der Waals surface area contributed by atoms with Crippen LogP contribution in [0.2, 0.25) is 0 Å². The van der Waals surface area contributed by atoms with Gasteiger partial charge in [0.1, 0.15) is 5.82 Å². The molecule has 0 fully saturated rings. The molecule has 0 saturated heterocycles. The zero-order chi connectivity index (χ0) is 22.5. The second kappa shape index (κ2) is 9.91. The first kappa shape index (κ1) is 22.0. The van der Waals surface area contributed by atoms with Gasteiger partial charge >= 0.3 is 0 Å². The monoisotopic (exact) mass is 451 g/mol. The summed E-state index contributed by atoms with van der Waals surface area (Å²) in [4.78, 5) is 32.9. The van der Waals surface area contributed by atoms with Crippen LogP contribution in [0.25, 0.3) is 0 Å². The molecule has 0 radical (unpaired) electrons. The van der Waals surface area contributed by atoms with Crippen LogP contribution in [0, 0.1) is 0 Å². The molecule has 0 aliphatic carbocycles. The normalized spacial score (nSPS) is 15.1. The van der Waals surface area contributed by atoms with Crippen molar-refractivity contribution in [2.24, 2.45) is 0 Å². The van der Waals surface area contributed by atoms with Crippen molar-refractivity contribution >= 4 is 23.5 Å². The molecule has 0 spiro atoms. The van der Waals surface area contributed by atoms with Crippen molar-refractivity contribution in [3.63, 3.8) is 0 Å². The van der Waals surface area contributed by atoms with Crippen molar-refractivity contribution in [1.29, 1.82) is 0 Å². The quantitative estimate of drug-likeness (QED) is 0.391. The SMILES string of the molecule is CCCOc1ccc(C2CC(=O)Nc3nc(SCc4ccccc4)[nH]c(=O)c32)cc1OC. The summed E-state index contributed by atoms with van der Waals surface area (Å²) in [5.41, 5.74) is 2.13. The van der Waals surface area contributed by atoms with Crippen LogP contribution in [0.15, 0.2) is 58.5 Å². The van der Waals surface area contributed by atoms with Crippen molar-refractivity contribution < 1.29 is 14.3 Å². The Hall–Kier alpha value is -3.26. The van der Waals surface area contributed by atoms with E-state index in [1.165, 1.54) is 11.8 Å². The van der Waals surface area contributed by atoms with Gasteiger partial charge in [-0.2, -0.15) is 0 Å². The van der Waals surface area contributed by atoms with Crippen LogP contribution >= 0.6 is 11.8 Å². The van der Waals surface area contributed by atoms with E-state index in [9.17, 15) is 9.59 Å².